The second-order valence-electron chi connectivity index (χ2n) is 4.69. The molecular weight excluding hydrogens is 208 g/mol. The Balaban J connectivity index is 2.23. The lowest BCUT2D eigenvalue weighted by Crippen LogP contribution is -2.32. The minimum atomic E-state index is -1.07. The fraction of sp³-hybridized carbons (Fsp3) is 0.538. The SMILES string of the molecule is NCC1(C(F)c2ccc(F)cc2)CCCC1. The van der Waals surface area contributed by atoms with Crippen LogP contribution >= 0.6 is 0 Å². The van der Waals surface area contributed by atoms with Gasteiger partial charge in [0, 0.05) is 12.0 Å². The molecule has 1 unspecified atom stereocenters. The summed E-state index contributed by atoms with van der Waals surface area (Å²) in [4.78, 5) is 0. The molecule has 1 aliphatic rings. The molecule has 3 heteroatoms. The van der Waals surface area contributed by atoms with Crippen LogP contribution in [0.25, 0.3) is 0 Å². The maximum Gasteiger partial charge on any atom is 0.132 e. The Morgan fingerprint density at radius 2 is 1.75 bits per heavy atom. The van der Waals surface area contributed by atoms with Crippen molar-refractivity contribution in [3.63, 3.8) is 0 Å². The molecule has 1 fully saturated rings. The lowest BCUT2D eigenvalue weighted by atomic mass is 9.78. The van der Waals surface area contributed by atoms with Crippen molar-refractivity contribution in [3.8, 4) is 0 Å². The Bertz CT molecular complexity index is 341. The summed E-state index contributed by atoms with van der Waals surface area (Å²) in [5, 5.41) is 0. The summed E-state index contributed by atoms with van der Waals surface area (Å²) in [6.07, 6.45) is 2.68. The number of hydrogen-bond acceptors (Lipinski definition) is 1. The van der Waals surface area contributed by atoms with Gasteiger partial charge in [0.15, 0.2) is 0 Å². The Labute approximate surface area is 94.7 Å². The Hall–Kier alpha value is -0.960. The molecule has 16 heavy (non-hydrogen) atoms. The summed E-state index contributed by atoms with van der Waals surface area (Å²) in [6, 6.07) is 5.66. The Kier molecular flexibility index (Phi) is 3.24. The number of halogens is 2. The molecule has 0 saturated heterocycles. The van der Waals surface area contributed by atoms with E-state index in [9.17, 15) is 8.78 Å². The molecule has 0 aromatic heterocycles. The van der Waals surface area contributed by atoms with Crippen molar-refractivity contribution in [2.75, 3.05) is 6.54 Å². The van der Waals surface area contributed by atoms with Gasteiger partial charge in [0.05, 0.1) is 0 Å². The zero-order valence-electron chi connectivity index (χ0n) is 9.26. The first-order valence-corrected chi connectivity index (χ1v) is 5.77. The fourth-order valence-electron chi connectivity index (χ4n) is 2.63. The second kappa shape index (κ2) is 4.50. The first-order valence-electron chi connectivity index (χ1n) is 5.77. The number of nitrogens with two attached hydrogens (primary N) is 1. The molecule has 1 aromatic rings. The van der Waals surface area contributed by atoms with Gasteiger partial charge in [-0.2, -0.15) is 0 Å². The van der Waals surface area contributed by atoms with Crippen molar-refractivity contribution in [1.82, 2.24) is 0 Å². The zero-order valence-corrected chi connectivity index (χ0v) is 9.26. The van der Waals surface area contributed by atoms with Crippen molar-refractivity contribution in [2.45, 2.75) is 31.9 Å². The molecule has 0 heterocycles. The van der Waals surface area contributed by atoms with Gasteiger partial charge in [0.1, 0.15) is 12.0 Å². The highest BCUT2D eigenvalue weighted by molar-refractivity contribution is 5.21. The first-order chi connectivity index (χ1) is 7.68. The molecule has 1 saturated carbocycles. The predicted molar refractivity (Wildman–Crippen MR) is 60.2 cm³/mol. The van der Waals surface area contributed by atoms with E-state index in [0.717, 1.165) is 25.7 Å². The molecule has 0 aliphatic heterocycles. The van der Waals surface area contributed by atoms with Gasteiger partial charge < -0.3 is 5.73 Å². The molecule has 1 atom stereocenters. The van der Waals surface area contributed by atoms with Crippen LogP contribution in [0.3, 0.4) is 0 Å². The van der Waals surface area contributed by atoms with Gasteiger partial charge in [-0.1, -0.05) is 25.0 Å². The molecule has 2 N–H and O–H groups in total. The molecule has 0 bridgehead atoms. The average molecular weight is 225 g/mol. The van der Waals surface area contributed by atoms with E-state index in [1.54, 1.807) is 0 Å². The van der Waals surface area contributed by atoms with Gasteiger partial charge in [-0.15, -0.1) is 0 Å². The summed E-state index contributed by atoms with van der Waals surface area (Å²) in [5.74, 6) is -0.329. The van der Waals surface area contributed by atoms with E-state index in [4.69, 9.17) is 5.73 Å². The molecule has 0 radical (unpaired) electrons. The highest BCUT2D eigenvalue weighted by atomic mass is 19.1. The van der Waals surface area contributed by atoms with Gasteiger partial charge in [0.25, 0.3) is 0 Å². The van der Waals surface area contributed by atoms with Crippen LogP contribution in [0.2, 0.25) is 0 Å². The molecular formula is C13H17F2N. The average Bonchev–Trinajstić information content (AvgIpc) is 2.79. The Morgan fingerprint density at radius 3 is 2.25 bits per heavy atom. The monoisotopic (exact) mass is 225 g/mol. The molecule has 88 valence electrons. The van der Waals surface area contributed by atoms with Crippen LogP contribution in [0.1, 0.15) is 37.4 Å². The number of rotatable bonds is 3. The van der Waals surface area contributed by atoms with Crippen LogP contribution < -0.4 is 5.73 Å². The van der Waals surface area contributed by atoms with E-state index in [2.05, 4.69) is 0 Å². The normalized spacial score (nSPS) is 20.9. The molecule has 1 nitrogen and oxygen atoms in total. The van der Waals surface area contributed by atoms with E-state index >= 15 is 0 Å². The summed E-state index contributed by atoms with van der Waals surface area (Å²) < 4.78 is 27.2. The van der Waals surface area contributed by atoms with Crippen LogP contribution in [0, 0.1) is 11.2 Å². The van der Waals surface area contributed by atoms with Crippen LogP contribution in [0.15, 0.2) is 24.3 Å². The van der Waals surface area contributed by atoms with Crippen LogP contribution in [0.5, 0.6) is 0 Å². The van der Waals surface area contributed by atoms with Crippen LogP contribution in [-0.4, -0.2) is 6.54 Å². The lowest BCUT2D eigenvalue weighted by molar-refractivity contribution is 0.119. The van der Waals surface area contributed by atoms with Gasteiger partial charge >= 0.3 is 0 Å². The largest absolute Gasteiger partial charge is 0.330 e. The summed E-state index contributed by atoms with van der Waals surface area (Å²) in [5.41, 5.74) is 5.85. The third-order valence-corrected chi connectivity index (χ3v) is 3.71. The zero-order chi connectivity index (χ0) is 11.6. The molecule has 2 rings (SSSR count). The molecule has 1 aliphatic carbocycles. The third kappa shape index (κ3) is 1.96. The third-order valence-electron chi connectivity index (χ3n) is 3.71. The summed E-state index contributed by atoms with van der Waals surface area (Å²) in [7, 11) is 0. The van der Waals surface area contributed by atoms with E-state index in [1.165, 1.54) is 24.3 Å². The quantitative estimate of drug-likeness (QED) is 0.838. The first kappa shape index (κ1) is 11.5. The van der Waals surface area contributed by atoms with Crippen molar-refractivity contribution >= 4 is 0 Å². The standard InChI is InChI=1S/C13H17F2N/c14-11-5-3-10(4-6-11)12(15)13(9-16)7-1-2-8-13/h3-6,12H,1-2,7-9,16H2. The minimum Gasteiger partial charge on any atom is -0.330 e. The van der Waals surface area contributed by atoms with Crippen molar-refractivity contribution in [2.24, 2.45) is 11.1 Å². The Morgan fingerprint density at radius 1 is 1.19 bits per heavy atom. The maximum absolute atomic E-state index is 14.4. The van der Waals surface area contributed by atoms with Gasteiger partial charge in [-0.05, 0) is 30.5 Å². The number of hydrogen-bond donors (Lipinski definition) is 1. The van der Waals surface area contributed by atoms with Gasteiger partial charge in [-0.25, -0.2) is 8.78 Å². The molecule has 1 aromatic carbocycles. The van der Waals surface area contributed by atoms with Crippen molar-refractivity contribution in [1.29, 1.82) is 0 Å². The van der Waals surface area contributed by atoms with Crippen molar-refractivity contribution in [3.05, 3.63) is 35.6 Å². The van der Waals surface area contributed by atoms with Gasteiger partial charge in [0.2, 0.25) is 0 Å². The topological polar surface area (TPSA) is 26.0 Å². The summed E-state index contributed by atoms with van der Waals surface area (Å²) in [6.45, 7) is 0.367. The second-order valence-corrected chi connectivity index (χ2v) is 4.69. The highest BCUT2D eigenvalue weighted by Gasteiger charge is 2.41. The van der Waals surface area contributed by atoms with E-state index < -0.39 is 11.6 Å². The van der Waals surface area contributed by atoms with Crippen LogP contribution in [0.4, 0.5) is 8.78 Å². The predicted octanol–water partition coefficient (Wildman–Crippen LogP) is 3.36. The minimum absolute atomic E-state index is 0.329. The molecule has 0 spiro atoms. The van der Waals surface area contributed by atoms with Crippen LogP contribution in [-0.2, 0) is 0 Å². The summed E-state index contributed by atoms with van der Waals surface area (Å²) >= 11 is 0. The van der Waals surface area contributed by atoms with E-state index in [-0.39, 0.29) is 5.82 Å². The van der Waals surface area contributed by atoms with E-state index in [1.807, 2.05) is 0 Å². The number of alkyl halides is 1. The van der Waals surface area contributed by atoms with Crippen molar-refractivity contribution < 1.29 is 8.78 Å². The highest BCUT2D eigenvalue weighted by Crippen LogP contribution is 2.48. The maximum atomic E-state index is 14.4. The molecule has 0 amide bonds. The smallest absolute Gasteiger partial charge is 0.132 e. The van der Waals surface area contributed by atoms with E-state index in [0.29, 0.717) is 12.1 Å². The van der Waals surface area contributed by atoms with Gasteiger partial charge in [-0.3, -0.25) is 0 Å². The number of benzene rings is 1. The lowest BCUT2D eigenvalue weighted by Gasteiger charge is -2.31. The fourth-order valence-corrected chi connectivity index (χ4v) is 2.63.